The molecule has 1 aliphatic rings. The Hall–Kier alpha value is -3.32. The predicted octanol–water partition coefficient (Wildman–Crippen LogP) is 4.01. The lowest BCUT2D eigenvalue weighted by Crippen LogP contribution is -2.36. The third kappa shape index (κ3) is 4.46. The molecule has 2 aromatic carbocycles. The summed E-state index contributed by atoms with van der Waals surface area (Å²) in [6, 6.07) is 12.2. The summed E-state index contributed by atoms with van der Waals surface area (Å²) in [5.41, 5.74) is 4.20. The molecule has 1 amide bonds. The van der Waals surface area contributed by atoms with Crippen LogP contribution in [0.15, 0.2) is 54.9 Å². The summed E-state index contributed by atoms with van der Waals surface area (Å²) in [5.74, 6) is 0.529. The Morgan fingerprint density at radius 3 is 2.80 bits per heavy atom. The van der Waals surface area contributed by atoms with Gasteiger partial charge in [0.1, 0.15) is 12.5 Å². The van der Waals surface area contributed by atoms with Crippen LogP contribution in [0.3, 0.4) is 0 Å². The SMILES string of the molecule is Cc1ccc(NC(=O)c2cccc(CF)c2)cc1-c1cncc(N2CCOCC2)n1. The minimum atomic E-state index is -0.603. The third-order valence-electron chi connectivity index (χ3n) is 5.07. The van der Waals surface area contributed by atoms with E-state index >= 15 is 0 Å². The van der Waals surface area contributed by atoms with E-state index in [1.807, 2.05) is 25.1 Å². The Morgan fingerprint density at radius 1 is 1.17 bits per heavy atom. The van der Waals surface area contributed by atoms with Gasteiger partial charge in [-0.1, -0.05) is 18.2 Å². The zero-order valence-electron chi connectivity index (χ0n) is 16.8. The number of alkyl halides is 1. The van der Waals surface area contributed by atoms with Crippen LogP contribution in [0.4, 0.5) is 15.9 Å². The number of carbonyl (C=O) groups is 1. The van der Waals surface area contributed by atoms with Gasteiger partial charge in [0, 0.05) is 29.9 Å². The van der Waals surface area contributed by atoms with Gasteiger partial charge in [-0.2, -0.15) is 0 Å². The lowest BCUT2D eigenvalue weighted by atomic mass is 10.0. The normalized spacial score (nSPS) is 13.9. The summed E-state index contributed by atoms with van der Waals surface area (Å²) in [7, 11) is 0. The minimum absolute atomic E-state index is 0.284. The molecule has 6 nitrogen and oxygen atoms in total. The molecule has 0 unspecified atom stereocenters. The molecule has 7 heteroatoms. The molecular formula is C23H23FN4O2. The average molecular weight is 406 g/mol. The van der Waals surface area contributed by atoms with Crippen LogP contribution in [0, 0.1) is 6.92 Å². The highest BCUT2D eigenvalue weighted by Gasteiger charge is 2.15. The van der Waals surface area contributed by atoms with Gasteiger partial charge in [-0.15, -0.1) is 0 Å². The van der Waals surface area contributed by atoms with Crippen LogP contribution in [-0.2, 0) is 11.4 Å². The van der Waals surface area contributed by atoms with Gasteiger partial charge >= 0.3 is 0 Å². The van der Waals surface area contributed by atoms with E-state index in [2.05, 4.69) is 15.2 Å². The number of hydrogen-bond donors (Lipinski definition) is 1. The molecule has 1 N–H and O–H groups in total. The number of aromatic nitrogens is 2. The summed E-state index contributed by atoms with van der Waals surface area (Å²) in [4.78, 5) is 23.9. The van der Waals surface area contributed by atoms with Crippen LogP contribution in [-0.4, -0.2) is 42.2 Å². The van der Waals surface area contributed by atoms with Crippen LogP contribution in [0.25, 0.3) is 11.3 Å². The molecule has 0 radical (unpaired) electrons. The molecule has 1 fully saturated rings. The summed E-state index contributed by atoms with van der Waals surface area (Å²) < 4.78 is 18.3. The molecule has 0 bridgehead atoms. The van der Waals surface area contributed by atoms with E-state index in [4.69, 9.17) is 9.72 Å². The largest absolute Gasteiger partial charge is 0.378 e. The number of morpholine rings is 1. The number of halogens is 1. The topological polar surface area (TPSA) is 67.4 Å². The minimum Gasteiger partial charge on any atom is -0.378 e. The van der Waals surface area contributed by atoms with Crippen molar-refractivity contribution in [2.75, 3.05) is 36.5 Å². The van der Waals surface area contributed by atoms with Crippen molar-refractivity contribution in [3.05, 3.63) is 71.5 Å². The van der Waals surface area contributed by atoms with E-state index in [0.717, 1.165) is 35.7 Å². The number of nitrogens with one attached hydrogen (secondary N) is 1. The van der Waals surface area contributed by atoms with E-state index < -0.39 is 6.67 Å². The molecule has 0 atom stereocenters. The molecule has 0 spiro atoms. The molecule has 30 heavy (non-hydrogen) atoms. The first-order valence-corrected chi connectivity index (χ1v) is 9.86. The van der Waals surface area contributed by atoms with Gasteiger partial charge in [-0.25, -0.2) is 9.37 Å². The number of hydrogen-bond acceptors (Lipinski definition) is 5. The van der Waals surface area contributed by atoms with Gasteiger partial charge in [-0.3, -0.25) is 9.78 Å². The molecule has 1 aliphatic heterocycles. The number of ether oxygens (including phenoxy) is 1. The fraction of sp³-hybridized carbons (Fsp3) is 0.261. The van der Waals surface area contributed by atoms with Gasteiger partial charge in [-0.05, 0) is 42.3 Å². The van der Waals surface area contributed by atoms with Crippen molar-refractivity contribution in [2.24, 2.45) is 0 Å². The van der Waals surface area contributed by atoms with E-state index in [1.54, 1.807) is 36.7 Å². The first-order valence-electron chi connectivity index (χ1n) is 9.86. The third-order valence-corrected chi connectivity index (χ3v) is 5.07. The van der Waals surface area contributed by atoms with Crippen LogP contribution in [0.5, 0.6) is 0 Å². The standard InChI is InChI=1S/C23H23FN4O2/c1-16-5-6-19(26-23(29)18-4-2-3-17(11-18)13-24)12-20(16)21-14-25-15-22(27-21)28-7-9-30-10-8-28/h2-6,11-12,14-15H,7-10,13H2,1H3,(H,26,29). The van der Waals surface area contributed by atoms with Gasteiger partial charge in [0.05, 0.1) is 31.3 Å². The highest BCUT2D eigenvalue weighted by Crippen LogP contribution is 2.27. The van der Waals surface area contributed by atoms with E-state index in [-0.39, 0.29) is 5.91 Å². The van der Waals surface area contributed by atoms with Gasteiger partial charge < -0.3 is 15.0 Å². The van der Waals surface area contributed by atoms with Crippen LogP contribution in [0.1, 0.15) is 21.5 Å². The second kappa shape index (κ2) is 9.00. The maximum absolute atomic E-state index is 12.9. The molecule has 0 saturated carbocycles. The van der Waals surface area contributed by atoms with Crippen molar-refractivity contribution in [3.8, 4) is 11.3 Å². The molecule has 2 heterocycles. The molecule has 154 valence electrons. The summed E-state index contributed by atoms with van der Waals surface area (Å²) in [6.45, 7) is 4.31. The van der Waals surface area contributed by atoms with Gasteiger partial charge in [0.2, 0.25) is 0 Å². The molecular weight excluding hydrogens is 383 g/mol. The first-order chi connectivity index (χ1) is 14.6. The Kier molecular flexibility index (Phi) is 5.99. The van der Waals surface area contributed by atoms with Crippen molar-refractivity contribution in [2.45, 2.75) is 13.6 Å². The second-order valence-electron chi connectivity index (χ2n) is 7.18. The first kappa shape index (κ1) is 20.0. The van der Waals surface area contributed by atoms with E-state index in [0.29, 0.717) is 30.0 Å². The van der Waals surface area contributed by atoms with E-state index in [9.17, 15) is 9.18 Å². The number of rotatable bonds is 5. The van der Waals surface area contributed by atoms with Crippen LogP contribution in [0.2, 0.25) is 0 Å². The predicted molar refractivity (Wildman–Crippen MR) is 114 cm³/mol. The zero-order chi connectivity index (χ0) is 20.9. The van der Waals surface area contributed by atoms with Crippen molar-refractivity contribution in [3.63, 3.8) is 0 Å². The lowest BCUT2D eigenvalue weighted by molar-refractivity contribution is 0.102. The second-order valence-corrected chi connectivity index (χ2v) is 7.18. The van der Waals surface area contributed by atoms with Crippen molar-refractivity contribution in [1.29, 1.82) is 0 Å². The summed E-state index contributed by atoms with van der Waals surface area (Å²) in [6.07, 6.45) is 3.48. The molecule has 0 aliphatic carbocycles. The number of benzene rings is 2. The maximum Gasteiger partial charge on any atom is 0.255 e. The molecule has 4 rings (SSSR count). The highest BCUT2D eigenvalue weighted by atomic mass is 19.1. The number of aryl methyl sites for hydroxylation is 1. The zero-order valence-corrected chi connectivity index (χ0v) is 16.8. The van der Waals surface area contributed by atoms with Crippen molar-refractivity contribution in [1.82, 2.24) is 9.97 Å². The van der Waals surface area contributed by atoms with Crippen LogP contribution >= 0.6 is 0 Å². The Balaban J connectivity index is 1.58. The number of carbonyl (C=O) groups excluding carboxylic acids is 1. The smallest absolute Gasteiger partial charge is 0.255 e. The van der Waals surface area contributed by atoms with Gasteiger partial charge in [0.15, 0.2) is 0 Å². The lowest BCUT2D eigenvalue weighted by Gasteiger charge is -2.27. The quantitative estimate of drug-likeness (QED) is 0.693. The average Bonchev–Trinajstić information content (AvgIpc) is 2.81. The fourth-order valence-corrected chi connectivity index (χ4v) is 3.40. The maximum atomic E-state index is 12.9. The number of nitrogens with zero attached hydrogens (tertiary/aromatic N) is 3. The number of amides is 1. The molecule has 3 aromatic rings. The van der Waals surface area contributed by atoms with Crippen molar-refractivity contribution >= 4 is 17.4 Å². The highest BCUT2D eigenvalue weighted by molar-refractivity contribution is 6.04. The van der Waals surface area contributed by atoms with Crippen LogP contribution < -0.4 is 10.2 Å². The Labute approximate surface area is 174 Å². The Morgan fingerprint density at radius 2 is 2.00 bits per heavy atom. The summed E-state index contributed by atoms with van der Waals surface area (Å²) in [5, 5.41) is 2.89. The molecule has 1 saturated heterocycles. The Bertz CT molecular complexity index is 1050. The monoisotopic (exact) mass is 406 g/mol. The fourth-order valence-electron chi connectivity index (χ4n) is 3.40. The summed E-state index contributed by atoms with van der Waals surface area (Å²) >= 11 is 0. The number of anilines is 2. The molecule has 1 aromatic heterocycles. The van der Waals surface area contributed by atoms with Crippen molar-refractivity contribution < 1.29 is 13.9 Å². The van der Waals surface area contributed by atoms with E-state index in [1.165, 1.54) is 0 Å². The van der Waals surface area contributed by atoms with Gasteiger partial charge in [0.25, 0.3) is 5.91 Å².